The lowest BCUT2D eigenvalue weighted by molar-refractivity contribution is 0.364. The fourth-order valence-electron chi connectivity index (χ4n) is 3.71. The van der Waals surface area contributed by atoms with Gasteiger partial charge in [0.1, 0.15) is 0 Å². The van der Waals surface area contributed by atoms with Crippen LogP contribution in [0.15, 0.2) is 27.7 Å². The summed E-state index contributed by atoms with van der Waals surface area (Å²) in [5, 5.41) is 5.08. The number of aromatic nitrogens is 1. The van der Waals surface area contributed by atoms with E-state index in [0.29, 0.717) is 5.92 Å². The zero-order chi connectivity index (χ0) is 17.6. The van der Waals surface area contributed by atoms with Gasteiger partial charge in [-0.05, 0) is 41.7 Å². The molecule has 1 unspecified atom stereocenters. The Kier molecular flexibility index (Phi) is 6.71. The van der Waals surface area contributed by atoms with Crippen molar-refractivity contribution in [1.29, 1.82) is 0 Å². The summed E-state index contributed by atoms with van der Waals surface area (Å²) in [4.78, 5) is 13.1. The third-order valence-electron chi connectivity index (χ3n) is 5.15. The molecule has 0 radical (unpaired) electrons. The molecule has 0 bridgehead atoms. The Hall–Kier alpha value is -1.13. The molecule has 3 heterocycles. The largest absolute Gasteiger partial charge is 0.307 e. The van der Waals surface area contributed by atoms with Crippen molar-refractivity contribution in [2.24, 2.45) is 5.92 Å². The minimum absolute atomic E-state index is 0.206. The minimum atomic E-state index is 0.206. The van der Waals surface area contributed by atoms with Crippen LogP contribution in [0, 0.1) is 5.92 Å². The van der Waals surface area contributed by atoms with Gasteiger partial charge in [0.15, 0.2) is 0 Å². The lowest BCUT2D eigenvalue weighted by atomic mass is 9.95. The lowest BCUT2D eigenvalue weighted by Gasteiger charge is -2.19. The molecule has 0 aliphatic heterocycles. The highest BCUT2D eigenvalue weighted by Crippen LogP contribution is 2.32. The molecular formula is C21H29NOS2. The first-order chi connectivity index (χ1) is 12.3. The van der Waals surface area contributed by atoms with Crippen molar-refractivity contribution >= 4 is 43.0 Å². The van der Waals surface area contributed by atoms with Crippen molar-refractivity contribution in [2.75, 3.05) is 0 Å². The van der Waals surface area contributed by atoms with Crippen molar-refractivity contribution in [2.45, 2.75) is 71.8 Å². The van der Waals surface area contributed by atoms with Crippen LogP contribution < -0.4 is 5.56 Å². The lowest BCUT2D eigenvalue weighted by Crippen LogP contribution is -2.24. The van der Waals surface area contributed by atoms with E-state index in [1.165, 1.54) is 60.8 Å². The number of nitrogens with zero attached hydrogens (tertiary/aromatic N) is 1. The molecule has 0 fully saturated rings. The molecule has 4 heteroatoms. The summed E-state index contributed by atoms with van der Waals surface area (Å²) in [7, 11) is 0. The van der Waals surface area contributed by atoms with E-state index in [1.807, 2.05) is 6.07 Å². The van der Waals surface area contributed by atoms with E-state index in [4.69, 9.17) is 0 Å². The Morgan fingerprint density at radius 1 is 0.920 bits per heavy atom. The molecule has 1 atom stereocenters. The third-order valence-corrected chi connectivity index (χ3v) is 7.14. The molecule has 0 amide bonds. The summed E-state index contributed by atoms with van der Waals surface area (Å²) in [6.07, 6.45) is 10.2. The van der Waals surface area contributed by atoms with Gasteiger partial charge in [-0.15, -0.1) is 22.7 Å². The normalized spacial score (nSPS) is 13.0. The second-order valence-corrected chi connectivity index (χ2v) is 8.90. The van der Waals surface area contributed by atoms with E-state index in [1.54, 1.807) is 22.7 Å². The van der Waals surface area contributed by atoms with Gasteiger partial charge in [0.25, 0.3) is 5.56 Å². The molecule has 0 N–H and O–H groups in total. The Bertz CT molecular complexity index is 858. The standard InChI is InChI=1S/C21H29NOS2/c1-3-5-7-8-10-16(9-6-4-2)15-22-18-12-14-25-20(18)19-17(21(22)23)11-13-24-19/h11-14,16H,3-10,15H2,1-2H3. The van der Waals surface area contributed by atoms with Gasteiger partial charge in [0, 0.05) is 6.54 Å². The van der Waals surface area contributed by atoms with Gasteiger partial charge >= 0.3 is 0 Å². The van der Waals surface area contributed by atoms with Gasteiger partial charge in [-0.3, -0.25) is 4.79 Å². The van der Waals surface area contributed by atoms with Crippen molar-refractivity contribution in [3.05, 3.63) is 33.2 Å². The van der Waals surface area contributed by atoms with Crippen LogP contribution in [0.2, 0.25) is 0 Å². The van der Waals surface area contributed by atoms with Crippen LogP contribution in [-0.2, 0) is 6.54 Å². The molecule has 25 heavy (non-hydrogen) atoms. The zero-order valence-corrected chi connectivity index (χ0v) is 17.1. The number of fused-ring (bicyclic) bond motifs is 3. The summed E-state index contributed by atoms with van der Waals surface area (Å²) < 4.78 is 4.52. The van der Waals surface area contributed by atoms with Gasteiger partial charge in [0.05, 0.1) is 20.3 Å². The van der Waals surface area contributed by atoms with Gasteiger partial charge in [-0.1, -0.05) is 52.4 Å². The topological polar surface area (TPSA) is 22.0 Å². The van der Waals surface area contributed by atoms with Crippen molar-refractivity contribution in [1.82, 2.24) is 4.57 Å². The Morgan fingerprint density at radius 2 is 1.64 bits per heavy atom. The second-order valence-electron chi connectivity index (χ2n) is 7.07. The first-order valence-electron chi connectivity index (χ1n) is 9.73. The maximum atomic E-state index is 13.1. The Balaban J connectivity index is 1.88. The van der Waals surface area contributed by atoms with Crippen LogP contribution in [0.4, 0.5) is 0 Å². The van der Waals surface area contributed by atoms with E-state index in [2.05, 4.69) is 35.2 Å². The van der Waals surface area contributed by atoms with Crippen LogP contribution in [0.5, 0.6) is 0 Å². The van der Waals surface area contributed by atoms with Crippen molar-refractivity contribution < 1.29 is 0 Å². The molecule has 136 valence electrons. The number of thiophene rings is 2. The SMILES string of the molecule is CCCCCCC(CCCC)Cn1c(=O)c2ccsc2c2sccc21. The number of pyridine rings is 1. The highest BCUT2D eigenvalue weighted by molar-refractivity contribution is 7.25. The highest BCUT2D eigenvalue weighted by atomic mass is 32.1. The highest BCUT2D eigenvalue weighted by Gasteiger charge is 2.16. The minimum Gasteiger partial charge on any atom is -0.307 e. The maximum absolute atomic E-state index is 13.1. The van der Waals surface area contributed by atoms with E-state index >= 15 is 0 Å². The smallest absolute Gasteiger partial charge is 0.259 e. The van der Waals surface area contributed by atoms with Gasteiger partial charge in [0.2, 0.25) is 0 Å². The summed E-state index contributed by atoms with van der Waals surface area (Å²) >= 11 is 3.46. The first kappa shape index (κ1) is 18.7. The predicted octanol–water partition coefficient (Wildman–Crippen LogP) is 7.05. The third kappa shape index (κ3) is 4.17. The molecular weight excluding hydrogens is 346 g/mol. The van der Waals surface area contributed by atoms with E-state index < -0.39 is 0 Å². The molecule has 0 aliphatic carbocycles. The van der Waals surface area contributed by atoms with Crippen LogP contribution in [0.25, 0.3) is 20.3 Å². The fraction of sp³-hybridized carbons (Fsp3) is 0.571. The number of unbranched alkanes of at least 4 members (excludes halogenated alkanes) is 4. The van der Waals surface area contributed by atoms with Gasteiger partial charge in [-0.2, -0.15) is 0 Å². The molecule has 0 spiro atoms. The predicted molar refractivity (Wildman–Crippen MR) is 113 cm³/mol. The van der Waals surface area contributed by atoms with Crippen LogP contribution in [0.1, 0.15) is 65.2 Å². The molecule has 3 aromatic rings. The number of rotatable bonds is 10. The molecule has 0 aromatic carbocycles. The molecule has 3 aromatic heterocycles. The van der Waals surface area contributed by atoms with E-state index in [9.17, 15) is 4.79 Å². The quantitative estimate of drug-likeness (QED) is 0.348. The Morgan fingerprint density at radius 3 is 2.44 bits per heavy atom. The molecule has 2 nitrogen and oxygen atoms in total. The average Bonchev–Trinajstić information content (AvgIpc) is 3.28. The Labute approximate surface area is 158 Å². The van der Waals surface area contributed by atoms with Crippen LogP contribution in [0.3, 0.4) is 0 Å². The summed E-state index contributed by atoms with van der Waals surface area (Å²) in [5.74, 6) is 0.619. The zero-order valence-electron chi connectivity index (χ0n) is 15.4. The summed E-state index contributed by atoms with van der Waals surface area (Å²) in [6, 6.07) is 4.13. The average molecular weight is 376 g/mol. The second kappa shape index (κ2) is 9.00. The summed E-state index contributed by atoms with van der Waals surface area (Å²) in [6.45, 7) is 5.40. The van der Waals surface area contributed by atoms with Gasteiger partial charge < -0.3 is 4.57 Å². The molecule has 0 aliphatic rings. The van der Waals surface area contributed by atoms with Gasteiger partial charge in [-0.25, -0.2) is 0 Å². The summed E-state index contributed by atoms with van der Waals surface area (Å²) in [5.41, 5.74) is 1.34. The molecule has 0 saturated carbocycles. The first-order valence-corrected chi connectivity index (χ1v) is 11.5. The molecule has 3 rings (SSSR count). The van der Waals surface area contributed by atoms with Crippen molar-refractivity contribution in [3.8, 4) is 0 Å². The maximum Gasteiger partial charge on any atom is 0.259 e. The van der Waals surface area contributed by atoms with Crippen LogP contribution >= 0.6 is 22.7 Å². The van der Waals surface area contributed by atoms with Crippen LogP contribution in [-0.4, -0.2) is 4.57 Å². The number of hydrogen-bond donors (Lipinski definition) is 0. The fourth-order valence-corrected chi connectivity index (χ4v) is 5.68. The van der Waals surface area contributed by atoms with Crippen molar-refractivity contribution in [3.63, 3.8) is 0 Å². The number of hydrogen-bond acceptors (Lipinski definition) is 3. The monoisotopic (exact) mass is 375 g/mol. The van der Waals surface area contributed by atoms with E-state index in [-0.39, 0.29) is 5.56 Å². The molecule has 0 saturated heterocycles. The van der Waals surface area contributed by atoms with E-state index in [0.717, 1.165) is 17.4 Å².